The topological polar surface area (TPSA) is 67.6 Å². The number of hydrogen-bond acceptors (Lipinski definition) is 5. The van der Waals surface area contributed by atoms with Gasteiger partial charge < -0.3 is 10.1 Å². The fourth-order valence-electron chi connectivity index (χ4n) is 2.60. The van der Waals surface area contributed by atoms with Gasteiger partial charge in [-0.05, 0) is 26.8 Å². The largest absolute Gasteiger partial charge is 0.496 e. The van der Waals surface area contributed by atoms with E-state index in [4.69, 9.17) is 4.74 Å². The number of nitro benzene ring substituents is 1. The predicted molar refractivity (Wildman–Crippen MR) is 87.4 cm³/mol. The minimum absolute atomic E-state index is 0.104. The first kappa shape index (κ1) is 16.3. The molecule has 1 atom stereocenters. The van der Waals surface area contributed by atoms with E-state index >= 15 is 0 Å². The van der Waals surface area contributed by atoms with Crippen LogP contribution < -0.4 is 10.1 Å². The summed E-state index contributed by atoms with van der Waals surface area (Å²) in [7, 11) is 1.59. The zero-order valence-corrected chi connectivity index (χ0v) is 13.5. The van der Waals surface area contributed by atoms with E-state index in [1.807, 2.05) is 0 Å². The molecule has 0 saturated carbocycles. The van der Waals surface area contributed by atoms with Crippen LogP contribution in [-0.2, 0) is 6.54 Å². The van der Waals surface area contributed by atoms with Crippen LogP contribution in [-0.4, -0.2) is 36.1 Å². The molecule has 1 heterocycles. The number of hydrogen-bond donors (Lipinski definition) is 1. The van der Waals surface area contributed by atoms with Gasteiger partial charge in [0.15, 0.2) is 0 Å². The van der Waals surface area contributed by atoms with Crippen LogP contribution in [0.15, 0.2) is 23.8 Å². The molecule has 0 aliphatic carbocycles. The van der Waals surface area contributed by atoms with E-state index in [-0.39, 0.29) is 16.7 Å². The lowest BCUT2D eigenvalue weighted by Crippen LogP contribution is -2.35. The van der Waals surface area contributed by atoms with Crippen molar-refractivity contribution in [3.63, 3.8) is 0 Å². The van der Waals surface area contributed by atoms with Crippen molar-refractivity contribution in [2.24, 2.45) is 0 Å². The lowest BCUT2D eigenvalue weighted by molar-refractivity contribution is -0.384. The molecular weight excluding hydrogens is 282 g/mol. The normalized spacial score (nSPS) is 17.9. The first-order valence-corrected chi connectivity index (χ1v) is 7.39. The Balaban J connectivity index is 2.43. The SMILES string of the molecule is COc1ccc([N+](=O)[O-])c2c1CN(CC=C(C)C)[C@@H](C)CN2. The van der Waals surface area contributed by atoms with Crippen molar-refractivity contribution in [3.8, 4) is 5.75 Å². The second-order valence-electron chi connectivity index (χ2n) is 5.84. The van der Waals surface area contributed by atoms with E-state index in [2.05, 4.69) is 37.1 Å². The zero-order chi connectivity index (χ0) is 16.3. The summed E-state index contributed by atoms with van der Waals surface area (Å²) >= 11 is 0. The molecule has 22 heavy (non-hydrogen) atoms. The van der Waals surface area contributed by atoms with Gasteiger partial charge in [-0.25, -0.2) is 0 Å². The molecule has 1 aromatic rings. The van der Waals surface area contributed by atoms with E-state index in [0.29, 0.717) is 24.5 Å². The fourth-order valence-corrected chi connectivity index (χ4v) is 2.60. The van der Waals surface area contributed by atoms with E-state index in [1.54, 1.807) is 13.2 Å². The highest BCUT2D eigenvalue weighted by Gasteiger charge is 2.27. The summed E-state index contributed by atoms with van der Waals surface area (Å²) < 4.78 is 5.41. The monoisotopic (exact) mass is 305 g/mol. The third-order valence-corrected chi connectivity index (χ3v) is 3.96. The van der Waals surface area contributed by atoms with Gasteiger partial charge in [0, 0.05) is 37.3 Å². The molecule has 1 aliphatic heterocycles. The second kappa shape index (κ2) is 6.79. The molecule has 0 amide bonds. The molecule has 1 aromatic carbocycles. The first-order valence-electron chi connectivity index (χ1n) is 7.39. The summed E-state index contributed by atoms with van der Waals surface area (Å²) in [5, 5.41) is 14.5. The summed E-state index contributed by atoms with van der Waals surface area (Å²) in [5.41, 5.74) is 2.79. The number of methoxy groups -OCH3 is 1. The number of ether oxygens (including phenoxy) is 1. The van der Waals surface area contributed by atoms with E-state index < -0.39 is 0 Å². The Morgan fingerprint density at radius 1 is 1.55 bits per heavy atom. The smallest absolute Gasteiger partial charge is 0.292 e. The number of fused-ring (bicyclic) bond motifs is 1. The average molecular weight is 305 g/mol. The van der Waals surface area contributed by atoms with Crippen LogP contribution in [0.4, 0.5) is 11.4 Å². The summed E-state index contributed by atoms with van der Waals surface area (Å²) in [6.45, 7) is 8.36. The van der Waals surface area contributed by atoms with Crippen molar-refractivity contribution in [2.75, 3.05) is 25.5 Å². The third kappa shape index (κ3) is 3.39. The van der Waals surface area contributed by atoms with Gasteiger partial charge in [0.25, 0.3) is 5.69 Å². The van der Waals surface area contributed by atoms with Crippen LogP contribution in [0.2, 0.25) is 0 Å². The molecule has 6 heteroatoms. The molecule has 2 rings (SSSR count). The van der Waals surface area contributed by atoms with Crippen LogP contribution in [0.5, 0.6) is 5.75 Å². The Hall–Kier alpha value is -2.08. The number of anilines is 1. The van der Waals surface area contributed by atoms with Crippen molar-refractivity contribution in [1.82, 2.24) is 4.90 Å². The third-order valence-electron chi connectivity index (χ3n) is 3.96. The molecule has 6 nitrogen and oxygen atoms in total. The molecule has 0 saturated heterocycles. The van der Waals surface area contributed by atoms with E-state index in [9.17, 15) is 10.1 Å². The van der Waals surface area contributed by atoms with Crippen molar-refractivity contribution >= 4 is 11.4 Å². The van der Waals surface area contributed by atoms with Gasteiger partial charge in [0.05, 0.1) is 12.0 Å². The molecular formula is C16H23N3O3. The number of allylic oxidation sites excluding steroid dienone is 1. The van der Waals surface area contributed by atoms with Gasteiger partial charge in [-0.2, -0.15) is 0 Å². The Labute approximate surface area is 130 Å². The van der Waals surface area contributed by atoms with Gasteiger partial charge in [0.1, 0.15) is 11.4 Å². The van der Waals surface area contributed by atoms with Crippen LogP contribution in [0.1, 0.15) is 26.3 Å². The molecule has 120 valence electrons. The van der Waals surface area contributed by atoms with Crippen LogP contribution in [0.3, 0.4) is 0 Å². The fraction of sp³-hybridized carbons (Fsp3) is 0.500. The van der Waals surface area contributed by atoms with Crippen molar-refractivity contribution in [1.29, 1.82) is 0 Å². The predicted octanol–water partition coefficient (Wildman–Crippen LogP) is 3.19. The maximum absolute atomic E-state index is 11.3. The Bertz CT molecular complexity index is 595. The Kier molecular flexibility index (Phi) is 5.03. The summed E-state index contributed by atoms with van der Waals surface area (Å²) in [5.74, 6) is 0.685. The highest BCUT2D eigenvalue weighted by atomic mass is 16.6. The van der Waals surface area contributed by atoms with Gasteiger partial charge in [0.2, 0.25) is 0 Å². The quantitative estimate of drug-likeness (QED) is 0.525. The molecule has 0 bridgehead atoms. The standard InChI is InChI=1S/C16H23N3O3/c1-11(2)7-8-18-10-13-15(22-4)6-5-14(19(20)21)16(13)17-9-12(18)3/h5-7,12,17H,8-10H2,1-4H3/t12-/m0/s1. The maximum atomic E-state index is 11.3. The minimum atomic E-state index is -0.346. The summed E-state index contributed by atoms with van der Waals surface area (Å²) in [6, 6.07) is 3.45. The number of nitrogens with one attached hydrogen (secondary N) is 1. The molecule has 0 spiro atoms. The maximum Gasteiger partial charge on any atom is 0.292 e. The first-order chi connectivity index (χ1) is 10.4. The highest BCUT2D eigenvalue weighted by molar-refractivity contribution is 5.70. The molecule has 0 unspecified atom stereocenters. The lowest BCUT2D eigenvalue weighted by Gasteiger charge is -2.25. The van der Waals surface area contributed by atoms with Crippen LogP contribution in [0, 0.1) is 10.1 Å². The van der Waals surface area contributed by atoms with Gasteiger partial charge >= 0.3 is 0 Å². The molecule has 0 fully saturated rings. The molecule has 0 radical (unpaired) electrons. The van der Waals surface area contributed by atoms with Gasteiger partial charge in [-0.15, -0.1) is 0 Å². The zero-order valence-electron chi connectivity index (χ0n) is 13.5. The molecule has 0 aromatic heterocycles. The van der Waals surface area contributed by atoms with Crippen LogP contribution >= 0.6 is 0 Å². The number of benzene rings is 1. The van der Waals surface area contributed by atoms with Crippen molar-refractivity contribution < 1.29 is 9.66 Å². The van der Waals surface area contributed by atoms with Crippen molar-refractivity contribution in [2.45, 2.75) is 33.4 Å². The highest BCUT2D eigenvalue weighted by Crippen LogP contribution is 2.37. The van der Waals surface area contributed by atoms with E-state index in [0.717, 1.165) is 12.1 Å². The number of nitro groups is 1. The Morgan fingerprint density at radius 2 is 2.27 bits per heavy atom. The van der Waals surface area contributed by atoms with E-state index in [1.165, 1.54) is 11.6 Å². The second-order valence-corrected chi connectivity index (χ2v) is 5.84. The number of nitrogens with zero attached hydrogens (tertiary/aromatic N) is 2. The van der Waals surface area contributed by atoms with Crippen LogP contribution in [0.25, 0.3) is 0 Å². The average Bonchev–Trinajstić information content (AvgIpc) is 2.63. The molecule has 1 N–H and O–H groups in total. The summed E-state index contributed by atoms with van der Waals surface area (Å²) in [6.07, 6.45) is 2.17. The minimum Gasteiger partial charge on any atom is -0.496 e. The van der Waals surface area contributed by atoms with Crippen molar-refractivity contribution in [3.05, 3.63) is 39.5 Å². The summed E-state index contributed by atoms with van der Waals surface area (Å²) in [4.78, 5) is 13.2. The lowest BCUT2D eigenvalue weighted by atomic mass is 10.1. The van der Waals surface area contributed by atoms with Gasteiger partial charge in [-0.3, -0.25) is 15.0 Å². The van der Waals surface area contributed by atoms with Gasteiger partial charge in [-0.1, -0.05) is 11.6 Å². The number of rotatable bonds is 4. The Morgan fingerprint density at radius 3 is 2.86 bits per heavy atom. The molecule has 1 aliphatic rings.